The second kappa shape index (κ2) is 6.66. The van der Waals surface area contributed by atoms with Gasteiger partial charge >= 0.3 is 0 Å². The highest BCUT2D eigenvalue weighted by atomic mass is 35.5. The summed E-state index contributed by atoms with van der Waals surface area (Å²) in [4.78, 5) is 7.16. The first kappa shape index (κ1) is 17.3. The van der Waals surface area contributed by atoms with Crippen molar-refractivity contribution in [3.05, 3.63) is 46.7 Å². The molecule has 0 saturated carbocycles. The van der Waals surface area contributed by atoms with E-state index in [1.54, 1.807) is 12.3 Å². The number of benzene rings is 1. The van der Waals surface area contributed by atoms with Crippen molar-refractivity contribution in [1.82, 2.24) is 14.6 Å². The van der Waals surface area contributed by atoms with Crippen LogP contribution in [0.5, 0.6) is 0 Å². The predicted octanol–water partition coefficient (Wildman–Crippen LogP) is 4.71. The Balaban J connectivity index is 1.51. The molecule has 0 amide bonds. The van der Waals surface area contributed by atoms with Gasteiger partial charge in [0, 0.05) is 25.3 Å². The van der Waals surface area contributed by atoms with E-state index >= 15 is 0 Å². The quantitative estimate of drug-likeness (QED) is 0.622. The molecule has 27 heavy (non-hydrogen) atoms. The van der Waals surface area contributed by atoms with Crippen LogP contribution >= 0.6 is 23.2 Å². The van der Waals surface area contributed by atoms with Gasteiger partial charge in [0.2, 0.25) is 0 Å². The molecule has 2 aliphatic heterocycles. The van der Waals surface area contributed by atoms with E-state index in [-0.39, 0.29) is 0 Å². The molecule has 2 aromatic heterocycles. The Hall–Kier alpha value is -1.82. The van der Waals surface area contributed by atoms with Gasteiger partial charge in [0.1, 0.15) is 5.52 Å². The Morgan fingerprint density at radius 1 is 1.07 bits per heavy atom. The third kappa shape index (κ3) is 2.89. The molecule has 3 aromatic rings. The second-order valence-corrected chi connectivity index (χ2v) is 8.27. The molecule has 0 bridgehead atoms. The first-order valence-electron chi connectivity index (χ1n) is 9.27. The number of nitrogens with zero attached hydrogens (tertiary/aromatic N) is 4. The molecule has 1 aromatic carbocycles. The van der Waals surface area contributed by atoms with Crippen LogP contribution in [0, 0.1) is 5.41 Å². The molecule has 0 atom stereocenters. The van der Waals surface area contributed by atoms with E-state index in [0.717, 1.165) is 61.7 Å². The minimum Gasteiger partial charge on any atom is -0.381 e. The molecular formula is C20H20Cl2N4O. The van der Waals surface area contributed by atoms with Crippen molar-refractivity contribution in [2.24, 2.45) is 5.41 Å². The highest BCUT2D eigenvalue weighted by molar-refractivity contribution is 6.43. The molecule has 5 rings (SSSR count). The van der Waals surface area contributed by atoms with Crippen LogP contribution in [0.25, 0.3) is 16.8 Å². The average molecular weight is 403 g/mol. The molecule has 7 heteroatoms. The number of fused-ring (bicyclic) bond motifs is 1. The first-order chi connectivity index (χ1) is 13.2. The molecule has 0 radical (unpaired) electrons. The van der Waals surface area contributed by atoms with Crippen LogP contribution in [0.2, 0.25) is 10.0 Å². The molecular weight excluding hydrogens is 383 g/mol. The minimum atomic E-state index is 0.376. The lowest BCUT2D eigenvalue weighted by molar-refractivity contribution is 0.133. The van der Waals surface area contributed by atoms with E-state index in [1.807, 2.05) is 28.9 Å². The van der Waals surface area contributed by atoms with Crippen molar-refractivity contribution in [2.75, 3.05) is 31.2 Å². The number of ether oxygens (including phenoxy) is 1. The summed E-state index contributed by atoms with van der Waals surface area (Å²) in [5, 5.41) is 5.57. The lowest BCUT2D eigenvalue weighted by atomic mass is 9.78. The van der Waals surface area contributed by atoms with E-state index in [1.165, 1.54) is 6.42 Å². The molecule has 2 fully saturated rings. The zero-order chi connectivity index (χ0) is 18.4. The van der Waals surface area contributed by atoms with E-state index in [4.69, 9.17) is 32.9 Å². The number of hydrogen-bond donors (Lipinski definition) is 0. The van der Waals surface area contributed by atoms with Crippen molar-refractivity contribution in [1.29, 1.82) is 0 Å². The lowest BCUT2D eigenvalue weighted by Crippen LogP contribution is -2.41. The second-order valence-electron chi connectivity index (χ2n) is 7.49. The summed E-state index contributed by atoms with van der Waals surface area (Å²) in [6.45, 7) is 3.80. The largest absolute Gasteiger partial charge is 0.381 e. The van der Waals surface area contributed by atoms with Gasteiger partial charge in [-0.2, -0.15) is 5.10 Å². The fourth-order valence-electron chi connectivity index (χ4n) is 4.27. The number of rotatable bonds is 2. The van der Waals surface area contributed by atoms with Crippen LogP contribution in [-0.4, -0.2) is 40.9 Å². The summed E-state index contributed by atoms with van der Waals surface area (Å²) in [5.74, 6) is 0.975. The number of piperidine rings is 1. The van der Waals surface area contributed by atoms with Gasteiger partial charge in [-0.25, -0.2) is 9.50 Å². The van der Waals surface area contributed by atoms with Gasteiger partial charge in [-0.05, 0) is 36.8 Å². The normalized spacial score (nSPS) is 19.3. The smallest absolute Gasteiger partial charge is 0.154 e. The fraction of sp³-hybridized carbons (Fsp3) is 0.400. The lowest BCUT2D eigenvalue weighted by Gasteiger charge is -2.39. The molecule has 140 valence electrons. The van der Waals surface area contributed by atoms with Crippen LogP contribution in [0.1, 0.15) is 19.3 Å². The summed E-state index contributed by atoms with van der Waals surface area (Å²) in [7, 11) is 0. The van der Waals surface area contributed by atoms with Crippen LogP contribution in [0.4, 0.5) is 5.82 Å². The highest BCUT2D eigenvalue weighted by Crippen LogP contribution is 2.41. The minimum absolute atomic E-state index is 0.376. The Morgan fingerprint density at radius 2 is 1.93 bits per heavy atom. The average Bonchev–Trinajstić information content (AvgIpc) is 3.34. The van der Waals surface area contributed by atoms with E-state index in [0.29, 0.717) is 15.5 Å². The van der Waals surface area contributed by atoms with Crippen LogP contribution < -0.4 is 4.90 Å². The zero-order valence-corrected chi connectivity index (χ0v) is 16.4. The topological polar surface area (TPSA) is 42.7 Å². The van der Waals surface area contributed by atoms with Gasteiger partial charge in [-0.15, -0.1) is 0 Å². The van der Waals surface area contributed by atoms with Gasteiger partial charge in [0.05, 0.1) is 34.7 Å². The summed E-state index contributed by atoms with van der Waals surface area (Å²) < 4.78 is 7.56. The molecule has 5 nitrogen and oxygen atoms in total. The van der Waals surface area contributed by atoms with Crippen molar-refractivity contribution in [3.63, 3.8) is 0 Å². The number of aromatic nitrogens is 3. The molecule has 1 spiro atoms. The van der Waals surface area contributed by atoms with Gasteiger partial charge < -0.3 is 9.64 Å². The van der Waals surface area contributed by atoms with Crippen molar-refractivity contribution < 1.29 is 4.74 Å². The number of anilines is 1. The van der Waals surface area contributed by atoms with Crippen molar-refractivity contribution in [2.45, 2.75) is 19.3 Å². The number of hydrogen-bond acceptors (Lipinski definition) is 4. The Morgan fingerprint density at radius 3 is 2.70 bits per heavy atom. The zero-order valence-electron chi connectivity index (χ0n) is 14.9. The van der Waals surface area contributed by atoms with Gasteiger partial charge in [-0.3, -0.25) is 0 Å². The fourth-order valence-corrected chi connectivity index (χ4v) is 4.67. The summed E-state index contributed by atoms with van der Waals surface area (Å²) in [5.41, 5.74) is 3.03. The predicted molar refractivity (Wildman–Crippen MR) is 108 cm³/mol. The Kier molecular flexibility index (Phi) is 4.26. The summed E-state index contributed by atoms with van der Waals surface area (Å²) >= 11 is 12.6. The maximum absolute atomic E-state index is 6.43. The third-order valence-electron chi connectivity index (χ3n) is 5.95. The highest BCUT2D eigenvalue weighted by Gasteiger charge is 2.38. The molecule has 2 saturated heterocycles. The molecule has 0 aliphatic carbocycles. The maximum Gasteiger partial charge on any atom is 0.154 e. The van der Waals surface area contributed by atoms with Crippen LogP contribution in [0.15, 0.2) is 36.7 Å². The van der Waals surface area contributed by atoms with Crippen LogP contribution in [-0.2, 0) is 4.74 Å². The molecule has 4 heterocycles. The summed E-state index contributed by atoms with van der Waals surface area (Å²) in [6.07, 6.45) is 7.13. The third-order valence-corrected chi connectivity index (χ3v) is 6.76. The molecule has 0 unspecified atom stereocenters. The summed E-state index contributed by atoms with van der Waals surface area (Å²) in [6, 6.07) is 7.62. The maximum atomic E-state index is 6.43. The van der Waals surface area contributed by atoms with Crippen molar-refractivity contribution in [3.8, 4) is 11.3 Å². The standard InChI is InChI=1S/C20H20Cl2N4O/c21-15-3-1-2-14(18(15)22)17-12-23-19(16-4-8-24-26(16)17)25-9-5-20(6-10-25)7-11-27-13-20/h1-4,8,12H,5-7,9-11,13H2. The van der Waals surface area contributed by atoms with Gasteiger partial charge in [0.25, 0.3) is 0 Å². The van der Waals surface area contributed by atoms with Crippen LogP contribution in [0.3, 0.4) is 0 Å². The van der Waals surface area contributed by atoms with Crippen molar-refractivity contribution >= 4 is 34.5 Å². The Labute approximate surface area is 167 Å². The molecule has 2 aliphatic rings. The van der Waals surface area contributed by atoms with E-state index in [2.05, 4.69) is 10.00 Å². The monoisotopic (exact) mass is 402 g/mol. The number of halogens is 2. The van der Waals surface area contributed by atoms with Gasteiger partial charge in [0.15, 0.2) is 5.82 Å². The van der Waals surface area contributed by atoms with Gasteiger partial charge in [-0.1, -0.05) is 35.3 Å². The Bertz CT molecular complexity index is 987. The SMILES string of the molecule is Clc1cccc(-c2cnc(N3CCC4(CCOC4)CC3)c3ccnn23)c1Cl. The first-order valence-corrected chi connectivity index (χ1v) is 10.0. The van der Waals surface area contributed by atoms with E-state index in [9.17, 15) is 0 Å². The van der Waals surface area contributed by atoms with E-state index < -0.39 is 0 Å². The molecule has 0 N–H and O–H groups in total.